The van der Waals surface area contributed by atoms with E-state index in [0.29, 0.717) is 0 Å². The van der Waals surface area contributed by atoms with Gasteiger partial charge in [0.1, 0.15) is 13.2 Å². The molecule has 0 aliphatic heterocycles. The lowest BCUT2D eigenvalue weighted by molar-refractivity contribution is -0.138. The highest BCUT2D eigenvalue weighted by Gasteiger charge is 2.29. The molecule has 1 aliphatic rings. The van der Waals surface area contributed by atoms with E-state index < -0.39 is 36.5 Å². The van der Waals surface area contributed by atoms with E-state index in [1.807, 2.05) is 36.4 Å². The van der Waals surface area contributed by atoms with Crippen LogP contribution in [0.15, 0.2) is 48.5 Å². The molecule has 0 spiro atoms. The van der Waals surface area contributed by atoms with E-state index in [2.05, 4.69) is 22.8 Å². The lowest BCUT2D eigenvalue weighted by atomic mass is 9.98. The number of carboxylic acids is 1. The van der Waals surface area contributed by atoms with E-state index in [0.717, 1.165) is 22.3 Å². The molecule has 2 amide bonds. The number of nitrogens with one attached hydrogen (secondary N) is 2. The molecular formula is C22H24N2O5. The van der Waals surface area contributed by atoms with Crippen molar-refractivity contribution in [3.8, 4) is 11.1 Å². The topological polar surface area (TPSA) is 105 Å². The monoisotopic (exact) mass is 396 g/mol. The van der Waals surface area contributed by atoms with Gasteiger partial charge in [-0.25, -0.2) is 4.79 Å². The van der Waals surface area contributed by atoms with E-state index in [4.69, 9.17) is 9.84 Å². The molecule has 3 rings (SSSR count). The first-order valence-electron chi connectivity index (χ1n) is 9.49. The summed E-state index contributed by atoms with van der Waals surface area (Å²) in [5.74, 6) is -2.21. The number of amides is 2. The molecular weight excluding hydrogens is 372 g/mol. The minimum absolute atomic E-state index is 0.0419. The van der Waals surface area contributed by atoms with Gasteiger partial charge < -0.3 is 20.5 Å². The molecule has 2 aromatic carbocycles. The first-order valence-corrected chi connectivity index (χ1v) is 9.49. The molecule has 0 saturated heterocycles. The molecule has 152 valence electrons. The van der Waals surface area contributed by atoms with Crippen molar-refractivity contribution in [1.29, 1.82) is 0 Å². The minimum Gasteiger partial charge on any atom is -0.480 e. The van der Waals surface area contributed by atoms with Gasteiger partial charge in [-0.05, 0) is 29.2 Å². The summed E-state index contributed by atoms with van der Waals surface area (Å²) >= 11 is 0. The van der Waals surface area contributed by atoms with Crippen molar-refractivity contribution in [2.45, 2.75) is 25.8 Å². The molecule has 7 nitrogen and oxygen atoms in total. The molecule has 0 fully saturated rings. The highest BCUT2D eigenvalue weighted by Crippen LogP contribution is 2.44. The Balaban J connectivity index is 1.58. The maximum atomic E-state index is 12.3. The van der Waals surface area contributed by atoms with Crippen LogP contribution in [0.3, 0.4) is 0 Å². The van der Waals surface area contributed by atoms with Crippen LogP contribution in [0.5, 0.6) is 0 Å². The smallest absolute Gasteiger partial charge is 0.407 e. The maximum absolute atomic E-state index is 12.3. The van der Waals surface area contributed by atoms with Gasteiger partial charge in [0.2, 0.25) is 5.91 Å². The highest BCUT2D eigenvalue weighted by atomic mass is 16.5. The molecule has 2 atom stereocenters. The third-order valence-corrected chi connectivity index (χ3v) is 5.27. The van der Waals surface area contributed by atoms with Crippen LogP contribution in [0, 0.1) is 5.92 Å². The summed E-state index contributed by atoms with van der Waals surface area (Å²) in [7, 11) is 0. The Morgan fingerprint density at radius 3 is 2.10 bits per heavy atom. The lowest BCUT2D eigenvalue weighted by Gasteiger charge is -2.21. The van der Waals surface area contributed by atoms with Crippen molar-refractivity contribution in [3.63, 3.8) is 0 Å². The predicted octanol–water partition coefficient (Wildman–Crippen LogP) is 2.75. The third kappa shape index (κ3) is 4.56. The zero-order valence-electron chi connectivity index (χ0n) is 16.3. The van der Waals surface area contributed by atoms with Crippen molar-refractivity contribution in [1.82, 2.24) is 10.6 Å². The fraction of sp³-hybridized carbons (Fsp3) is 0.318. The zero-order valence-corrected chi connectivity index (χ0v) is 16.3. The average molecular weight is 396 g/mol. The van der Waals surface area contributed by atoms with Crippen molar-refractivity contribution in [3.05, 3.63) is 59.7 Å². The van der Waals surface area contributed by atoms with Crippen LogP contribution in [0.25, 0.3) is 11.1 Å². The Bertz CT molecular complexity index is 881. The van der Waals surface area contributed by atoms with Gasteiger partial charge >= 0.3 is 12.1 Å². The predicted molar refractivity (Wildman–Crippen MR) is 107 cm³/mol. The molecule has 0 radical (unpaired) electrons. The number of aliphatic carboxylic acids is 1. The van der Waals surface area contributed by atoms with E-state index >= 15 is 0 Å². The van der Waals surface area contributed by atoms with Crippen molar-refractivity contribution in [2.75, 3.05) is 13.2 Å². The van der Waals surface area contributed by atoms with Gasteiger partial charge in [-0.15, -0.1) is 0 Å². The van der Waals surface area contributed by atoms with Gasteiger partial charge in [-0.3, -0.25) is 9.59 Å². The molecule has 1 aliphatic carbocycles. The number of alkyl carbamates (subject to hydrolysis) is 1. The van der Waals surface area contributed by atoms with Gasteiger partial charge in [0, 0.05) is 12.0 Å². The molecule has 0 heterocycles. The number of carbonyl (C=O) groups excluding carboxylic acids is 2. The molecule has 3 N–H and O–H groups in total. The molecule has 0 saturated carbocycles. The van der Waals surface area contributed by atoms with Gasteiger partial charge in [0.15, 0.2) is 0 Å². The largest absolute Gasteiger partial charge is 0.480 e. The van der Waals surface area contributed by atoms with E-state index in [9.17, 15) is 14.4 Å². The summed E-state index contributed by atoms with van der Waals surface area (Å²) in [6.45, 7) is 3.02. The van der Waals surface area contributed by atoms with E-state index in [-0.39, 0.29) is 12.5 Å². The second-order valence-electron chi connectivity index (χ2n) is 7.16. The SMILES string of the molecule is CC(NC(=O)OCC1c2ccccc2-c2ccccc21)C(C)C(=O)NCC(=O)O. The first-order chi connectivity index (χ1) is 13.9. The number of carboxylic acid groups (broad SMARTS) is 1. The summed E-state index contributed by atoms with van der Waals surface area (Å²) in [5, 5.41) is 13.6. The van der Waals surface area contributed by atoms with E-state index in [1.54, 1.807) is 13.8 Å². The Labute approximate surface area is 169 Å². The molecule has 0 aromatic heterocycles. The number of carbonyl (C=O) groups is 3. The van der Waals surface area contributed by atoms with Gasteiger partial charge in [0.05, 0.1) is 5.92 Å². The number of benzene rings is 2. The summed E-state index contributed by atoms with van der Waals surface area (Å²) in [6.07, 6.45) is -0.614. The Hall–Kier alpha value is -3.35. The number of hydrogen-bond acceptors (Lipinski definition) is 4. The number of ether oxygens (including phenoxy) is 1. The first kappa shape index (κ1) is 20.4. The molecule has 29 heavy (non-hydrogen) atoms. The standard InChI is InChI=1S/C22H24N2O5/c1-13(21(27)23-11-20(25)26)14(2)24-22(28)29-12-19-17-9-5-3-7-15(17)16-8-4-6-10-18(16)19/h3-10,13-14,19H,11-12H2,1-2H3,(H,23,27)(H,24,28)(H,25,26). The molecule has 0 bridgehead atoms. The summed E-state index contributed by atoms with van der Waals surface area (Å²) < 4.78 is 5.46. The normalized spacial score (nSPS) is 14.3. The second kappa shape index (κ2) is 8.77. The van der Waals surface area contributed by atoms with E-state index in [1.165, 1.54) is 0 Å². The van der Waals surface area contributed by atoms with Crippen molar-refractivity contribution in [2.24, 2.45) is 5.92 Å². The van der Waals surface area contributed by atoms with Gasteiger partial charge in [-0.1, -0.05) is 55.5 Å². The van der Waals surface area contributed by atoms with Crippen LogP contribution >= 0.6 is 0 Å². The van der Waals surface area contributed by atoms with Crippen LogP contribution < -0.4 is 10.6 Å². The summed E-state index contributed by atoms with van der Waals surface area (Å²) in [4.78, 5) is 34.8. The van der Waals surface area contributed by atoms with Crippen LogP contribution in [-0.4, -0.2) is 42.3 Å². The van der Waals surface area contributed by atoms with Crippen molar-refractivity contribution < 1.29 is 24.2 Å². The lowest BCUT2D eigenvalue weighted by Crippen LogP contribution is -2.45. The number of fused-ring (bicyclic) bond motifs is 3. The van der Waals surface area contributed by atoms with Crippen LogP contribution in [-0.2, 0) is 14.3 Å². The van der Waals surface area contributed by atoms with Crippen LogP contribution in [0.4, 0.5) is 4.79 Å². The Morgan fingerprint density at radius 1 is 1.00 bits per heavy atom. The maximum Gasteiger partial charge on any atom is 0.407 e. The molecule has 7 heteroatoms. The summed E-state index contributed by atoms with van der Waals surface area (Å²) in [5.41, 5.74) is 4.54. The fourth-order valence-electron chi connectivity index (χ4n) is 3.50. The fourth-order valence-corrected chi connectivity index (χ4v) is 3.50. The number of hydrogen-bond donors (Lipinski definition) is 3. The Morgan fingerprint density at radius 2 is 1.55 bits per heavy atom. The molecule has 2 aromatic rings. The summed E-state index contributed by atoms with van der Waals surface area (Å²) in [6, 6.07) is 15.6. The van der Waals surface area contributed by atoms with Gasteiger partial charge in [0.25, 0.3) is 0 Å². The third-order valence-electron chi connectivity index (χ3n) is 5.27. The van der Waals surface area contributed by atoms with Crippen LogP contribution in [0.2, 0.25) is 0 Å². The zero-order chi connectivity index (χ0) is 21.0. The van der Waals surface area contributed by atoms with Gasteiger partial charge in [-0.2, -0.15) is 0 Å². The average Bonchev–Trinajstić information content (AvgIpc) is 3.03. The van der Waals surface area contributed by atoms with Crippen LogP contribution in [0.1, 0.15) is 30.9 Å². The second-order valence-corrected chi connectivity index (χ2v) is 7.16. The Kier molecular flexibility index (Phi) is 6.16. The number of rotatable bonds is 7. The quantitative estimate of drug-likeness (QED) is 0.668. The highest BCUT2D eigenvalue weighted by molar-refractivity contribution is 5.83. The van der Waals surface area contributed by atoms with Crippen molar-refractivity contribution >= 4 is 18.0 Å². The molecule has 2 unspecified atom stereocenters. The minimum atomic E-state index is -1.12.